The van der Waals surface area contributed by atoms with Crippen molar-refractivity contribution >= 4 is 5.91 Å². The smallest absolute Gasteiger partial charge is 0.226 e. The van der Waals surface area contributed by atoms with Crippen molar-refractivity contribution < 1.29 is 4.79 Å². The van der Waals surface area contributed by atoms with Crippen LogP contribution in [-0.4, -0.2) is 25.7 Å². The lowest BCUT2D eigenvalue weighted by Gasteiger charge is -2.07. The van der Waals surface area contributed by atoms with Gasteiger partial charge in [0.1, 0.15) is 0 Å². The number of aromatic nitrogens is 4. The van der Waals surface area contributed by atoms with Gasteiger partial charge in [0.15, 0.2) is 0 Å². The van der Waals surface area contributed by atoms with Crippen LogP contribution in [-0.2, 0) is 24.3 Å². The molecule has 0 atom stereocenters. The first-order valence-corrected chi connectivity index (χ1v) is 7.08. The zero-order valence-corrected chi connectivity index (χ0v) is 12.1. The topological polar surface area (TPSA) is 75.6 Å². The second kappa shape index (κ2) is 6.71. The van der Waals surface area contributed by atoms with Crippen molar-refractivity contribution in [2.45, 2.75) is 19.5 Å². The monoisotopic (exact) mass is 295 g/mol. The van der Waals surface area contributed by atoms with Crippen molar-refractivity contribution in [3.63, 3.8) is 0 Å². The van der Waals surface area contributed by atoms with Gasteiger partial charge in [0.2, 0.25) is 5.91 Å². The fourth-order valence-electron chi connectivity index (χ4n) is 2.17. The van der Waals surface area contributed by atoms with Crippen molar-refractivity contribution in [1.82, 2.24) is 25.1 Å². The van der Waals surface area contributed by atoms with E-state index in [0.717, 1.165) is 17.8 Å². The minimum atomic E-state index is -0.0215. The number of benzene rings is 1. The fraction of sp³-hybridized carbons (Fsp3) is 0.188. The summed E-state index contributed by atoms with van der Waals surface area (Å²) < 4.78 is 2.02. The molecule has 2 N–H and O–H groups in total. The fourth-order valence-corrected chi connectivity index (χ4v) is 2.17. The van der Waals surface area contributed by atoms with Crippen molar-refractivity contribution in [3.05, 3.63) is 72.1 Å². The van der Waals surface area contributed by atoms with Crippen LogP contribution in [0.25, 0.3) is 0 Å². The molecular formula is C16H17N5O. The van der Waals surface area contributed by atoms with Gasteiger partial charge < -0.3 is 9.88 Å². The van der Waals surface area contributed by atoms with Gasteiger partial charge in [-0.1, -0.05) is 24.3 Å². The number of aromatic amines is 1. The summed E-state index contributed by atoms with van der Waals surface area (Å²) in [5, 5.41) is 9.50. The number of rotatable bonds is 6. The molecule has 6 nitrogen and oxygen atoms in total. The Morgan fingerprint density at radius 1 is 1.14 bits per heavy atom. The first-order chi connectivity index (χ1) is 10.8. The van der Waals surface area contributed by atoms with Crippen LogP contribution in [0.15, 0.2) is 55.2 Å². The molecule has 0 radical (unpaired) electrons. The van der Waals surface area contributed by atoms with E-state index in [0.29, 0.717) is 13.0 Å². The third-order valence-corrected chi connectivity index (χ3v) is 3.35. The molecule has 112 valence electrons. The van der Waals surface area contributed by atoms with E-state index in [2.05, 4.69) is 32.6 Å². The second-order valence-corrected chi connectivity index (χ2v) is 5.09. The van der Waals surface area contributed by atoms with Crippen LogP contribution >= 0.6 is 0 Å². The highest BCUT2D eigenvalue weighted by Crippen LogP contribution is 2.06. The number of hydrogen-bond acceptors (Lipinski definition) is 3. The summed E-state index contributed by atoms with van der Waals surface area (Å²) >= 11 is 0. The Hall–Kier alpha value is -2.89. The molecule has 0 spiro atoms. The van der Waals surface area contributed by atoms with Gasteiger partial charge in [-0.2, -0.15) is 5.10 Å². The van der Waals surface area contributed by atoms with Crippen LogP contribution in [0.2, 0.25) is 0 Å². The average molecular weight is 295 g/mol. The van der Waals surface area contributed by atoms with Gasteiger partial charge in [0.25, 0.3) is 0 Å². The molecule has 0 unspecified atom stereocenters. The maximum atomic E-state index is 11.8. The predicted octanol–water partition coefficient (Wildman–Crippen LogP) is 1.51. The first kappa shape index (κ1) is 14.1. The van der Waals surface area contributed by atoms with E-state index < -0.39 is 0 Å². The molecule has 2 aromatic heterocycles. The van der Waals surface area contributed by atoms with E-state index in [4.69, 9.17) is 0 Å². The first-order valence-electron chi connectivity index (χ1n) is 7.08. The molecule has 0 aliphatic carbocycles. The number of nitrogens with zero attached hydrogens (tertiary/aromatic N) is 3. The van der Waals surface area contributed by atoms with Gasteiger partial charge in [0, 0.05) is 37.4 Å². The molecule has 0 bridgehead atoms. The highest BCUT2D eigenvalue weighted by molar-refractivity contribution is 5.78. The van der Waals surface area contributed by atoms with Crippen molar-refractivity contribution in [3.8, 4) is 0 Å². The quantitative estimate of drug-likeness (QED) is 0.724. The molecule has 1 aromatic carbocycles. The van der Waals surface area contributed by atoms with Crippen LogP contribution in [0.5, 0.6) is 0 Å². The zero-order chi connectivity index (χ0) is 15.2. The lowest BCUT2D eigenvalue weighted by Crippen LogP contribution is -2.24. The number of carbonyl (C=O) groups is 1. The van der Waals surface area contributed by atoms with Gasteiger partial charge >= 0.3 is 0 Å². The Morgan fingerprint density at radius 2 is 1.95 bits per heavy atom. The van der Waals surface area contributed by atoms with Crippen LogP contribution in [0.1, 0.15) is 16.8 Å². The minimum Gasteiger partial charge on any atom is -0.352 e. The summed E-state index contributed by atoms with van der Waals surface area (Å²) in [5.74, 6) is -0.0215. The van der Waals surface area contributed by atoms with E-state index in [1.54, 1.807) is 24.8 Å². The summed E-state index contributed by atoms with van der Waals surface area (Å²) in [5.41, 5.74) is 3.09. The Labute approximate surface area is 128 Å². The molecule has 0 saturated heterocycles. The number of carbonyl (C=O) groups excluding carboxylic acids is 1. The maximum absolute atomic E-state index is 11.8. The number of H-pyrrole nitrogens is 1. The van der Waals surface area contributed by atoms with E-state index >= 15 is 0 Å². The third kappa shape index (κ3) is 3.82. The van der Waals surface area contributed by atoms with E-state index in [-0.39, 0.29) is 5.91 Å². The number of nitrogens with one attached hydrogen (secondary N) is 2. The van der Waals surface area contributed by atoms with Gasteiger partial charge in [-0.3, -0.25) is 9.89 Å². The van der Waals surface area contributed by atoms with Crippen LogP contribution in [0.4, 0.5) is 0 Å². The third-order valence-electron chi connectivity index (χ3n) is 3.35. The molecule has 22 heavy (non-hydrogen) atoms. The largest absolute Gasteiger partial charge is 0.352 e. The standard InChI is InChI=1S/C16H17N5O/c22-16(9-15-5-6-19-20-15)18-10-13-1-3-14(4-2-13)11-21-8-7-17-12-21/h1-8,12H,9-11H2,(H,18,22)(H,19,20). The zero-order valence-electron chi connectivity index (χ0n) is 12.1. The molecule has 0 aliphatic rings. The Balaban J connectivity index is 1.49. The summed E-state index contributed by atoms with van der Waals surface area (Å²) in [6, 6.07) is 9.99. The molecule has 1 amide bonds. The van der Waals surface area contributed by atoms with Crippen LogP contribution < -0.4 is 5.32 Å². The number of hydrogen-bond donors (Lipinski definition) is 2. The summed E-state index contributed by atoms with van der Waals surface area (Å²) in [6.07, 6.45) is 7.46. The van der Waals surface area contributed by atoms with Crippen LogP contribution in [0, 0.1) is 0 Å². The van der Waals surface area contributed by atoms with Crippen molar-refractivity contribution in [2.75, 3.05) is 0 Å². The van der Waals surface area contributed by atoms with E-state index in [1.165, 1.54) is 5.56 Å². The second-order valence-electron chi connectivity index (χ2n) is 5.09. The Kier molecular flexibility index (Phi) is 4.29. The molecular weight excluding hydrogens is 278 g/mol. The minimum absolute atomic E-state index is 0.0215. The average Bonchev–Trinajstić information content (AvgIpc) is 3.20. The normalized spacial score (nSPS) is 10.5. The van der Waals surface area contributed by atoms with E-state index in [9.17, 15) is 4.79 Å². The lowest BCUT2D eigenvalue weighted by molar-refractivity contribution is -0.120. The van der Waals surface area contributed by atoms with Crippen molar-refractivity contribution in [1.29, 1.82) is 0 Å². The molecule has 3 aromatic rings. The van der Waals surface area contributed by atoms with Crippen LogP contribution in [0.3, 0.4) is 0 Å². The molecule has 0 aliphatic heterocycles. The molecule has 0 fully saturated rings. The molecule has 6 heteroatoms. The van der Waals surface area contributed by atoms with E-state index in [1.807, 2.05) is 22.9 Å². The van der Waals surface area contributed by atoms with Gasteiger partial charge in [-0.15, -0.1) is 0 Å². The SMILES string of the molecule is O=C(Cc1ccn[nH]1)NCc1ccc(Cn2ccnc2)cc1. The van der Waals surface area contributed by atoms with Crippen molar-refractivity contribution in [2.24, 2.45) is 0 Å². The highest BCUT2D eigenvalue weighted by atomic mass is 16.1. The van der Waals surface area contributed by atoms with Gasteiger partial charge in [-0.05, 0) is 17.2 Å². The summed E-state index contributed by atoms with van der Waals surface area (Å²) in [7, 11) is 0. The Bertz CT molecular complexity index is 702. The predicted molar refractivity (Wildman–Crippen MR) is 81.9 cm³/mol. The maximum Gasteiger partial charge on any atom is 0.226 e. The lowest BCUT2D eigenvalue weighted by atomic mass is 10.1. The molecule has 2 heterocycles. The summed E-state index contributed by atoms with van der Waals surface area (Å²) in [4.78, 5) is 15.8. The Morgan fingerprint density at radius 3 is 2.64 bits per heavy atom. The molecule has 0 saturated carbocycles. The number of imidazole rings is 1. The van der Waals surface area contributed by atoms with Gasteiger partial charge in [0.05, 0.1) is 12.7 Å². The summed E-state index contributed by atoms with van der Waals surface area (Å²) in [6.45, 7) is 1.32. The van der Waals surface area contributed by atoms with Gasteiger partial charge in [-0.25, -0.2) is 4.98 Å². The molecule has 3 rings (SSSR count). The number of amides is 1. The highest BCUT2D eigenvalue weighted by Gasteiger charge is 2.04.